The number of hydrogen-bond acceptors (Lipinski definition) is 3. The van der Waals surface area contributed by atoms with Crippen molar-refractivity contribution in [1.82, 2.24) is 0 Å². The van der Waals surface area contributed by atoms with Crippen LogP contribution in [0.2, 0.25) is 0 Å². The largest absolute Gasteiger partial charge is 0.493 e. The average molecular weight is 225 g/mol. The lowest BCUT2D eigenvalue weighted by atomic mass is 10.1. The van der Waals surface area contributed by atoms with Gasteiger partial charge in [-0.2, -0.15) is 0 Å². The molecule has 3 N–H and O–H groups in total. The number of nitrogens with two attached hydrogens (primary N) is 1. The molecule has 1 rings (SSSR count). The highest BCUT2D eigenvalue weighted by Gasteiger charge is 2.06. The van der Waals surface area contributed by atoms with Crippen molar-refractivity contribution < 1.29 is 9.84 Å². The Morgan fingerprint density at radius 1 is 1.53 bits per heavy atom. The molecule has 0 aliphatic rings. The summed E-state index contributed by atoms with van der Waals surface area (Å²) in [6, 6.07) is 5.69. The summed E-state index contributed by atoms with van der Waals surface area (Å²) < 4.78 is 5.47. The van der Waals surface area contributed by atoms with Crippen molar-refractivity contribution in [3.63, 3.8) is 0 Å². The van der Waals surface area contributed by atoms with Gasteiger partial charge in [0.25, 0.3) is 0 Å². The molecule has 0 radical (unpaired) electrons. The van der Waals surface area contributed by atoms with Crippen LogP contribution in [0.4, 0.5) is 0 Å². The van der Waals surface area contributed by atoms with E-state index < -0.39 is 0 Å². The Balaban J connectivity index is 2.81. The molecule has 3 nitrogen and oxygen atoms in total. The number of hydrogen-bond donors (Lipinski definition) is 2. The third-order valence-electron chi connectivity index (χ3n) is 1.96. The number of aliphatic hydroxyl groups excluding tert-OH is 1. The van der Waals surface area contributed by atoms with E-state index in [4.69, 9.17) is 27.8 Å². The Bertz CT molecular complexity index is 352. The van der Waals surface area contributed by atoms with Gasteiger partial charge >= 0.3 is 0 Å². The summed E-state index contributed by atoms with van der Waals surface area (Å²) in [5, 5.41) is 8.64. The van der Waals surface area contributed by atoms with E-state index in [0.717, 1.165) is 11.1 Å². The molecule has 0 fully saturated rings. The first-order valence-corrected chi connectivity index (χ1v) is 5.20. The first kappa shape index (κ1) is 11.9. The molecule has 0 aliphatic carbocycles. The third kappa shape index (κ3) is 3.49. The number of thiocarbonyl (C=S) groups is 1. The number of rotatable bonds is 5. The second-order valence-electron chi connectivity index (χ2n) is 3.29. The van der Waals surface area contributed by atoms with Gasteiger partial charge < -0.3 is 15.6 Å². The number of aliphatic hydroxyl groups is 1. The first-order chi connectivity index (χ1) is 7.15. The minimum atomic E-state index is 0.119. The Morgan fingerprint density at radius 3 is 2.87 bits per heavy atom. The van der Waals surface area contributed by atoms with Crippen LogP contribution < -0.4 is 10.5 Å². The maximum absolute atomic E-state index is 8.64. The Kier molecular flexibility index (Phi) is 4.52. The van der Waals surface area contributed by atoms with Gasteiger partial charge in [0.05, 0.1) is 12.2 Å². The molecule has 1 aromatic rings. The monoisotopic (exact) mass is 225 g/mol. The molecule has 0 bridgehead atoms. The van der Waals surface area contributed by atoms with Crippen LogP contribution in [0.5, 0.6) is 5.75 Å². The fourth-order valence-electron chi connectivity index (χ4n) is 1.21. The van der Waals surface area contributed by atoms with Crippen molar-refractivity contribution in [3.05, 3.63) is 29.3 Å². The lowest BCUT2D eigenvalue weighted by molar-refractivity contribution is 0.233. The SMILES string of the molecule is Cc1ccc(OCCCO)c(C(N)=S)c1. The normalized spacial score (nSPS) is 10.0. The van der Waals surface area contributed by atoms with Crippen molar-refractivity contribution in [2.75, 3.05) is 13.2 Å². The van der Waals surface area contributed by atoms with Crippen LogP contribution in [-0.2, 0) is 0 Å². The molecular weight excluding hydrogens is 210 g/mol. The highest BCUT2D eigenvalue weighted by molar-refractivity contribution is 7.80. The van der Waals surface area contributed by atoms with E-state index in [-0.39, 0.29) is 6.61 Å². The maximum Gasteiger partial charge on any atom is 0.129 e. The van der Waals surface area contributed by atoms with Crippen LogP contribution in [0.1, 0.15) is 17.5 Å². The molecule has 1 aromatic carbocycles. The molecule has 4 heteroatoms. The van der Waals surface area contributed by atoms with E-state index in [1.165, 1.54) is 0 Å². The molecule has 0 aliphatic heterocycles. The topological polar surface area (TPSA) is 55.5 Å². The molecule has 0 saturated heterocycles. The molecule has 0 saturated carbocycles. The van der Waals surface area contributed by atoms with Gasteiger partial charge in [0, 0.05) is 13.0 Å². The van der Waals surface area contributed by atoms with Gasteiger partial charge in [-0.15, -0.1) is 0 Å². The van der Waals surface area contributed by atoms with Crippen LogP contribution in [0.3, 0.4) is 0 Å². The van der Waals surface area contributed by atoms with Crippen LogP contribution >= 0.6 is 12.2 Å². The zero-order valence-electron chi connectivity index (χ0n) is 8.69. The van der Waals surface area contributed by atoms with Crippen LogP contribution in [0, 0.1) is 6.92 Å². The Hall–Kier alpha value is -1.13. The van der Waals surface area contributed by atoms with Crippen molar-refractivity contribution in [3.8, 4) is 5.75 Å². The van der Waals surface area contributed by atoms with E-state index in [0.29, 0.717) is 23.8 Å². The number of aryl methyl sites for hydroxylation is 1. The molecule has 0 aromatic heterocycles. The summed E-state index contributed by atoms with van der Waals surface area (Å²) >= 11 is 4.94. The van der Waals surface area contributed by atoms with Gasteiger partial charge in [-0.1, -0.05) is 23.8 Å². The molecule has 0 unspecified atom stereocenters. The first-order valence-electron chi connectivity index (χ1n) is 4.79. The minimum Gasteiger partial charge on any atom is -0.493 e. The van der Waals surface area contributed by atoms with Gasteiger partial charge in [-0.25, -0.2) is 0 Å². The van der Waals surface area contributed by atoms with Crippen LogP contribution in [0.25, 0.3) is 0 Å². The van der Waals surface area contributed by atoms with Crippen molar-refractivity contribution >= 4 is 17.2 Å². The summed E-state index contributed by atoms with van der Waals surface area (Å²) in [5.41, 5.74) is 7.43. The Labute approximate surface area is 94.9 Å². The Morgan fingerprint density at radius 2 is 2.27 bits per heavy atom. The molecular formula is C11H15NO2S. The third-order valence-corrected chi connectivity index (χ3v) is 2.18. The quantitative estimate of drug-likeness (QED) is 0.587. The van der Waals surface area contributed by atoms with Gasteiger partial charge in [-0.05, 0) is 19.1 Å². The fourth-order valence-corrected chi connectivity index (χ4v) is 1.37. The van der Waals surface area contributed by atoms with Gasteiger partial charge in [0.15, 0.2) is 0 Å². The number of benzene rings is 1. The van der Waals surface area contributed by atoms with E-state index in [1.54, 1.807) is 0 Å². The second kappa shape index (κ2) is 5.68. The summed E-state index contributed by atoms with van der Waals surface area (Å²) in [6.07, 6.45) is 0.602. The van der Waals surface area contributed by atoms with Crippen LogP contribution in [-0.4, -0.2) is 23.3 Å². The van der Waals surface area contributed by atoms with E-state index in [9.17, 15) is 0 Å². The van der Waals surface area contributed by atoms with Crippen molar-refractivity contribution in [2.24, 2.45) is 5.73 Å². The maximum atomic E-state index is 8.64. The van der Waals surface area contributed by atoms with Crippen LogP contribution in [0.15, 0.2) is 18.2 Å². The van der Waals surface area contributed by atoms with Crippen molar-refractivity contribution in [2.45, 2.75) is 13.3 Å². The van der Waals surface area contributed by atoms with Gasteiger partial charge in [0.1, 0.15) is 10.7 Å². The smallest absolute Gasteiger partial charge is 0.129 e. The predicted octanol–water partition coefficient (Wildman–Crippen LogP) is 1.39. The van der Waals surface area contributed by atoms with E-state index >= 15 is 0 Å². The molecule has 0 heterocycles. The average Bonchev–Trinajstić information content (AvgIpc) is 2.20. The molecule has 0 spiro atoms. The van der Waals surface area contributed by atoms with E-state index in [2.05, 4.69) is 0 Å². The lowest BCUT2D eigenvalue weighted by Gasteiger charge is -2.10. The minimum absolute atomic E-state index is 0.119. The highest BCUT2D eigenvalue weighted by Crippen LogP contribution is 2.20. The second-order valence-corrected chi connectivity index (χ2v) is 3.73. The van der Waals surface area contributed by atoms with Gasteiger partial charge in [0.2, 0.25) is 0 Å². The molecule has 0 amide bonds. The summed E-state index contributed by atoms with van der Waals surface area (Å²) in [7, 11) is 0. The summed E-state index contributed by atoms with van der Waals surface area (Å²) in [4.78, 5) is 0.331. The zero-order valence-corrected chi connectivity index (χ0v) is 9.51. The predicted molar refractivity (Wildman–Crippen MR) is 64.3 cm³/mol. The lowest BCUT2D eigenvalue weighted by Crippen LogP contribution is -2.12. The van der Waals surface area contributed by atoms with E-state index in [1.807, 2.05) is 25.1 Å². The van der Waals surface area contributed by atoms with Gasteiger partial charge in [-0.3, -0.25) is 0 Å². The highest BCUT2D eigenvalue weighted by atomic mass is 32.1. The summed E-state index contributed by atoms with van der Waals surface area (Å²) in [5.74, 6) is 0.682. The molecule has 0 atom stereocenters. The standard InChI is InChI=1S/C11H15NO2S/c1-8-3-4-10(14-6-2-5-13)9(7-8)11(12)15/h3-4,7,13H,2,5-6H2,1H3,(H2,12,15). The van der Waals surface area contributed by atoms with Crippen molar-refractivity contribution in [1.29, 1.82) is 0 Å². The zero-order chi connectivity index (χ0) is 11.3. The fraction of sp³-hybridized carbons (Fsp3) is 0.364. The molecule has 82 valence electrons. The summed E-state index contributed by atoms with van der Waals surface area (Å²) in [6.45, 7) is 2.56. The molecule has 15 heavy (non-hydrogen) atoms. The number of ether oxygens (including phenoxy) is 1.